The quantitative estimate of drug-likeness (QED) is 0.828. The summed E-state index contributed by atoms with van der Waals surface area (Å²) in [4.78, 5) is 9.16. The van der Waals surface area contributed by atoms with Crippen LogP contribution < -0.4 is 4.74 Å². The Kier molecular flexibility index (Phi) is 3.60. The molecule has 1 aromatic heterocycles. The van der Waals surface area contributed by atoms with Crippen molar-refractivity contribution >= 4 is 0 Å². The van der Waals surface area contributed by atoms with Crippen molar-refractivity contribution in [2.75, 3.05) is 7.11 Å². The molecule has 0 fully saturated rings. The first-order chi connectivity index (χ1) is 8.65. The minimum Gasteiger partial charge on any atom is -0.497 e. The Morgan fingerprint density at radius 1 is 1.00 bits per heavy atom. The van der Waals surface area contributed by atoms with Gasteiger partial charge in [-0.1, -0.05) is 6.92 Å². The summed E-state index contributed by atoms with van der Waals surface area (Å²) in [5.41, 5.74) is 4.39. The summed E-state index contributed by atoms with van der Waals surface area (Å²) in [6, 6.07) is 7.82. The van der Waals surface area contributed by atoms with Gasteiger partial charge in [-0.05, 0) is 50.1 Å². The highest BCUT2D eigenvalue weighted by Gasteiger charge is 2.08. The Morgan fingerprint density at radius 3 is 2.00 bits per heavy atom. The molecule has 0 atom stereocenters. The highest BCUT2D eigenvalue weighted by Crippen LogP contribution is 2.21. The maximum absolute atomic E-state index is 5.15. The van der Waals surface area contributed by atoms with Gasteiger partial charge in [-0.15, -0.1) is 0 Å². The molecule has 0 aliphatic rings. The third-order valence-electron chi connectivity index (χ3n) is 3.12. The number of rotatable bonds is 3. The molecule has 0 saturated heterocycles. The van der Waals surface area contributed by atoms with E-state index in [9.17, 15) is 0 Å². The number of benzene rings is 1. The van der Waals surface area contributed by atoms with E-state index in [1.54, 1.807) is 7.11 Å². The number of ether oxygens (including phenoxy) is 1. The van der Waals surface area contributed by atoms with Crippen LogP contribution in [0.2, 0.25) is 0 Å². The number of methoxy groups -OCH3 is 1. The van der Waals surface area contributed by atoms with Crippen LogP contribution in [-0.2, 0) is 6.42 Å². The fraction of sp³-hybridized carbons (Fsp3) is 0.333. The Hall–Kier alpha value is -1.90. The van der Waals surface area contributed by atoms with Gasteiger partial charge in [0.25, 0.3) is 0 Å². The van der Waals surface area contributed by atoms with Gasteiger partial charge >= 0.3 is 0 Å². The number of hydrogen-bond acceptors (Lipinski definition) is 3. The van der Waals surface area contributed by atoms with Crippen LogP contribution in [0, 0.1) is 13.8 Å². The minimum atomic E-state index is 0.782. The normalized spacial score (nSPS) is 10.4. The molecule has 0 bridgehead atoms. The summed E-state index contributed by atoms with van der Waals surface area (Å²) >= 11 is 0. The maximum Gasteiger partial charge on any atom is 0.159 e. The molecule has 3 heteroatoms. The average molecular weight is 242 g/mol. The molecule has 0 amide bonds. The lowest BCUT2D eigenvalue weighted by Crippen LogP contribution is -2.01. The van der Waals surface area contributed by atoms with E-state index in [2.05, 4.69) is 16.9 Å². The molecule has 94 valence electrons. The van der Waals surface area contributed by atoms with Crippen LogP contribution in [0.15, 0.2) is 24.3 Å². The molecule has 1 aromatic carbocycles. The van der Waals surface area contributed by atoms with Crippen molar-refractivity contribution in [1.29, 1.82) is 0 Å². The minimum absolute atomic E-state index is 0.782. The van der Waals surface area contributed by atoms with Crippen LogP contribution in [0.4, 0.5) is 0 Å². The maximum atomic E-state index is 5.15. The van der Waals surface area contributed by atoms with Gasteiger partial charge in [-0.2, -0.15) is 0 Å². The van der Waals surface area contributed by atoms with Gasteiger partial charge in [0.05, 0.1) is 7.11 Å². The van der Waals surface area contributed by atoms with E-state index in [1.165, 1.54) is 5.56 Å². The van der Waals surface area contributed by atoms with Crippen molar-refractivity contribution in [1.82, 2.24) is 9.97 Å². The fourth-order valence-corrected chi connectivity index (χ4v) is 2.12. The van der Waals surface area contributed by atoms with E-state index in [1.807, 2.05) is 38.1 Å². The smallest absolute Gasteiger partial charge is 0.159 e. The van der Waals surface area contributed by atoms with Crippen LogP contribution in [0.3, 0.4) is 0 Å². The third kappa shape index (κ3) is 2.35. The van der Waals surface area contributed by atoms with Crippen molar-refractivity contribution in [2.45, 2.75) is 27.2 Å². The van der Waals surface area contributed by atoms with Crippen LogP contribution in [-0.4, -0.2) is 17.1 Å². The largest absolute Gasteiger partial charge is 0.497 e. The topological polar surface area (TPSA) is 35.0 Å². The standard InChI is InChI=1S/C15H18N2O/c1-5-14-10(2)16-15(17-11(14)3)12-6-8-13(18-4)9-7-12/h6-9H,5H2,1-4H3. The van der Waals surface area contributed by atoms with Crippen molar-refractivity contribution in [3.63, 3.8) is 0 Å². The zero-order chi connectivity index (χ0) is 13.1. The lowest BCUT2D eigenvalue weighted by atomic mass is 10.1. The molecule has 2 aromatic rings. The van der Waals surface area contributed by atoms with Crippen molar-refractivity contribution in [2.24, 2.45) is 0 Å². The van der Waals surface area contributed by atoms with Crippen molar-refractivity contribution < 1.29 is 4.74 Å². The second kappa shape index (κ2) is 5.17. The molecule has 0 saturated carbocycles. The first kappa shape index (κ1) is 12.6. The van der Waals surface area contributed by atoms with Gasteiger partial charge < -0.3 is 4.74 Å². The van der Waals surface area contributed by atoms with E-state index >= 15 is 0 Å². The van der Waals surface area contributed by atoms with Gasteiger partial charge in [-0.3, -0.25) is 0 Å². The summed E-state index contributed by atoms with van der Waals surface area (Å²) in [6.45, 7) is 6.22. The highest BCUT2D eigenvalue weighted by atomic mass is 16.5. The number of aromatic nitrogens is 2. The van der Waals surface area contributed by atoms with Crippen molar-refractivity contribution in [3.8, 4) is 17.1 Å². The molecular formula is C15H18N2O. The molecule has 0 radical (unpaired) electrons. The van der Waals surface area contributed by atoms with E-state index in [0.717, 1.165) is 34.9 Å². The summed E-state index contributed by atoms with van der Waals surface area (Å²) in [7, 11) is 1.66. The van der Waals surface area contributed by atoms with Crippen LogP contribution >= 0.6 is 0 Å². The SMILES string of the molecule is CCc1c(C)nc(-c2ccc(OC)cc2)nc1C. The van der Waals surface area contributed by atoms with Crippen LogP contribution in [0.5, 0.6) is 5.75 Å². The van der Waals surface area contributed by atoms with E-state index in [-0.39, 0.29) is 0 Å². The third-order valence-corrected chi connectivity index (χ3v) is 3.12. The zero-order valence-corrected chi connectivity index (χ0v) is 11.3. The molecular weight excluding hydrogens is 224 g/mol. The molecule has 2 rings (SSSR count). The summed E-state index contributed by atoms with van der Waals surface area (Å²) in [5, 5.41) is 0. The molecule has 18 heavy (non-hydrogen) atoms. The van der Waals surface area contributed by atoms with Gasteiger partial charge in [0.1, 0.15) is 5.75 Å². The molecule has 0 spiro atoms. The molecule has 0 N–H and O–H groups in total. The molecule has 3 nitrogen and oxygen atoms in total. The van der Waals surface area contributed by atoms with E-state index < -0.39 is 0 Å². The van der Waals surface area contributed by atoms with E-state index in [4.69, 9.17) is 4.74 Å². The summed E-state index contributed by atoms with van der Waals surface area (Å²) in [6.07, 6.45) is 0.973. The number of hydrogen-bond donors (Lipinski definition) is 0. The zero-order valence-electron chi connectivity index (χ0n) is 11.3. The highest BCUT2D eigenvalue weighted by molar-refractivity contribution is 5.57. The lowest BCUT2D eigenvalue weighted by Gasteiger charge is -2.09. The van der Waals surface area contributed by atoms with Gasteiger partial charge in [0, 0.05) is 17.0 Å². The molecule has 0 unspecified atom stereocenters. The first-order valence-corrected chi connectivity index (χ1v) is 6.14. The Bertz CT molecular complexity index is 524. The Morgan fingerprint density at radius 2 is 1.56 bits per heavy atom. The Labute approximate surface area is 108 Å². The molecule has 0 aliphatic heterocycles. The predicted molar refractivity (Wildman–Crippen MR) is 72.9 cm³/mol. The van der Waals surface area contributed by atoms with Crippen molar-refractivity contribution in [3.05, 3.63) is 41.2 Å². The Balaban J connectivity index is 2.44. The van der Waals surface area contributed by atoms with Gasteiger partial charge in [0.15, 0.2) is 5.82 Å². The summed E-state index contributed by atoms with van der Waals surface area (Å²) in [5.74, 6) is 1.63. The predicted octanol–water partition coefficient (Wildman–Crippen LogP) is 3.33. The number of aryl methyl sites for hydroxylation is 2. The second-order valence-corrected chi connectivity index (χ2v) is 4.28. The molecule has 1 heterocycles. The number of nitrogens with zero attached hydrogens (tertiary/aromatic N) is 2. The second-order valence-electron chi connectivity index (χ2n) is 4.28. The lowest BCUT2D eigenvalue weighted by molar-refractivity contribution is 0.415. The fourth-order valence-electron chi connectivity index (χ4n) is 2.12. The van der Waals surface area contributed by atoms with Crippen LogP contribution in [0.25, 0.3) is 11.4 Å². The average Bonchev–Trinajstić information content (AvgIpc) is 2.38. The van der Waals surface area contributed by atoms with Gasteiger partial charge in [0.2, 0.25) is 0 Å². The first-order valence-electron chi connectivity index (χ1n) is 6.14. The summed E-state index contributed by atoms with van der Waals surface area (Å²) < 4.78 is 5.15. The van der Waals surface area contributed by atoms with Crippen LogP contribution in [0.1, 0.15) is 23.9 Å². The van der Waals surface area contributed by atoms with Gasteiger partial charge in [-0.25, -0.2) is 9.97 Å². The van der Waals surface area contributed by atoms with E-state index in [0.29, 0.717) is 0 Å². The monoisotopic (exact) mass is 242 g/mol. The molecule has 0 aliphatic carbocycles.